The first-order valence-corrected chi connectivity index (χ1v) is 9.76. The van der Waals surface area contributed by atoms with E-state index >= 15 is 0 Å². The van der Waals surface area contributed by atoms with Gasteiger partial charge in [-0.25, -0.2) is 4.39 Å². The van der Waals surface area contributed by atoms with E-state index in [0.717, 1.165) is 11.3 Å². The van der Waals surface area contributed by atoms with E-state index in [-0.39, 0.29) is 42.1 Å². The van der Waals surface area contributed by atoms with Crippen LogP contribution in [-0.4, -0.2) is 51.1 Å². The van der Waals surface area contributed by atoms with Crippen molar-refractivity contribution in [3.05, 3.63) is 53.3 Å². The molecule has 0 unspecified atom stereocenters. The Balaban J connectivity index is 0.00000240. The summed E-state index contributed by atoms with van der Waals surface area (Å²) in [7, 11) is 0. The van der Waals surface area contributed by atoms with Crippen molar-refractivity contribution in [1.29, 1.82) is 0 Å². The Morgan fingerprint density at radius 1 is 1.10 bits per heavy atom. The van der Waals surface area contributed by atoms with Crippen LogP contribution in [0.2, 0.25) is 0 Å². The molecule has 0 aromatic heterocycles. The van der Waals surface area contributed by atoms with Crippen molar-refractivity contribution >= 4 is 42.2 Å². The zero-order valence-electron chi connectivity index (χ0n) is 17.4. The van der Waals surface area contributed by atoms with Crippen molar-refractivity contribution in [3.8, 4) is 11.1 Å². The molecular formula is C22H28Cl2FN3O3. The number of amides is 1. The van der Waals surface area contributed by atoms with Gasteiger partial charge in [-0.3, -0.25) is 9.59 Å². The Morgan fingerprint density at radius 3 is 2.45 bits per heavy atom. The molecule has 1 amide bonds. The van der Waals surface area contributed by atoms with Crippen LogP contribution >= 0.6 is 24.8 Å². The van der Waals surface area contributed by atoms with E-state index < -0.39 is 5.82 Å². The van der Waals surface area contributed by atoms with E-state index in [1.807, 2.05) is 6.07 Å². The number of anilines is 1. The largest absolute Gasteiger partial charge is 0.378 e. The quantitative estimate of drug-likeness (QED) is 0.477. The second-order valence-corrected chi connectivity index (χ2v) is 7.01. The maximum atomic E-state index is 14.4. The number of halogens is 3. The van der Waals surface area contributed by atoms with Crippen LogP contribution in [0.3, 0.4) is 0 Å². The SMILES string of the molecule is CC(=O)c1ccc(N2CCOCC2)c(-c2cc(F)cc(C(=O)NCCCN)c2)c1.Cl.Cl. The van der Waals surface area contributed by atoms with Crippen LogP contribution in [-0.2, 0) is 4.74 Å². The lowest BCUT2D eigenvalue weighted by atomic mass is 9.96. The average molecular weight is 472 g/mol. The van der Waals surface area contributed by atoms with Gasteiger partial charge < -0.3 is 20.7 Å². The van der Waals surface area contributed by atoms with Gasteiger partial charge in [0.15, 0.2) is 5.78 Å². The fraction of sp³-hybridized carbons (Fsp3) is 0.364. The molecule has 1 aliphatic rings. The molecule has 0 atom stereocenters. The van der Waals surface area contributed by atoms with Gasteiger partial charge in [0, 0.05) is 42.0 Å². The van der Waals surface area contributed by atoms with Gasteiger partial charge in [0.05, 0.1) is 13.2 Å². The van der Waals surface area contributed by atoms with Crippen LogP contribution in [0.25, 0.3) is 11.1 Å². The number of nitrogens with zero attached hydrogens (tertiary/aromatic N) is 1. The Bertz CT molecular complexity index is 906. The number of hydrogen-bond acceptors (Lipinski definition) is 5. The van der Waals surface area contributed by atoms with Gasteiger partial charge in [-0.1, -0.05) is 0 Å². The summed E-state index contributed by atoms with van der Waals surface area (Å²) >= 11 is 0. The predicted octanol–water partition coefficient (Wildman–Crippen LogP) is 3.45. The molecule has 2 aromatic rings. The molecule has 0 radical (unpaired) electrons. The van der Waals surface area contributed by atoms with Crippen LogP contribution < -0.4 is 16.0 Å². The van der Waals surface area contributed by atoms with Gasteiger partial charge >= 0.3 is 0 Å². The van der Waals surface area contributed by atoms with Crippen molar-refractivity contribution in [2.75, 3.05) is 44.3 Å². The second kappa shape index (κ2) is 12.6. The normalized spacial score (nSPS) is 13.1. The van der Waals surface area contributed by atoms with Crippen LogP contribution in [0.4, 0.5) is 10.1 Å². The molecule has 1 heterocycles. The number of morpholine rings is 1. The van der Waals surface area contributed by atoms with E-state index in [1.54, 1.807) is 18.2 Å². The third-order valence-corrected chi connectivity index (χ3v) is 4.89. The van der Waals surface area contributed by atoms with E-state index in [1.165, 1.54) is 19.1 Å². The predicted molar refractivity (Wildman–Crippen MR) is 125 cm³/mol. The van der Waals surface area contributed by atoms with Crippen LogP contribution in [0.1, 0.15) is 34.1 Å². The molecular weight excluding hydrogens is 444 g/mol. The number of nitrogens with two attached hydrogens (primary N) is 1. The molecule has 0 aliphatic carbocycles. The molecule has 2 aromatic carbocycles. The number of carbonyl (C=O) groups is 2. The zero-order chi connectivity index (χ0) is 20.8. The lowest BCUT2D eigenvalue weighted by molar-refractivity contribution is 0.0952. The number of hydrogen-bond donors (Lipinski definition) is 2. The fourth-order valence-electron chi connectivity index (χ4n) is 3.35. The van der Waals surface area contributed by atoms with Gasteiger partial charge in [-0.15, -0.1) is 24.8 Å². The number of ether oxygens (including phenoxy) is 1. The van der Waals surface area contributed by atoms with E-state index in [0.29, 0.717) is 56.9 Å². The standard InChI is InChI=1S/C22H26FN3O3.2ClH/c1-15(27)16-3-4-21(26-7-9-29-10-8-26)20(14-16)17-11-18(13-19(23)12-17)22(28)25-6-2-5-24;;/h3-4,11-14H,2,5-10,24H2,1H3,(H,25,28);2*1H. The molecule has 1 saturated heterocycles. The molecule has 0 saturated carbocycles. The summed E-state index contributed by atoms with van der Waals surface area (Å²) in [4.78, 5) is 26.5. The van der Waals surface area contributed by atoms with E-state index in [4.69, 9.17) is 10.5 Å². The maximum absolute atomic E-state index is 14.4. The summed E-state index contributed by atoms with van der Waals surface area (Å²) in [6.45, 7) is 5.00. The van der Waals surface area contributed by atoms with Gasteiger partial charge in [-0.2, -0.15) is 0 Å². The van der Waals surface area contributed by atoms with Crippen molar-refractivity contribution in [3.63, 3.8) is 0 Å². The Labute approximate surface area is 194 Å². The zero-order valence-corrected chi connectivity index (χ0v) is 19.0. The minimum absolute atomic E-state index is 0. The highest BCUT2D eigenvalue weighted by Crippen LogP contribution is 2.34. The number of ketones is 1. The first kappa shape index (κ1) is 26.8. The molecule has 9 heteroatoms. The number of nitrogens with one attached hydrogen (secondary N) is 1. The Kier molecular flexibility index (Phi) is 10.9. The Morgan fingerprint density at radius 2 is 1.81 bits per heavy atom. The molecule has 3 N–H and O–H groups in total. The molecule has 3 rings (SSSR count). The second-order valence-electron chi connectivity index (χ2n) is 7.01. The number of rotatable bonds is 7. The summed E-state index contributed by atoms with van der Waals surface area (Å²) in [5.74, 6) is -0.932. The molecule has 1 aliphatic heterocycles. The van der Waals surface area contributed by atoms with Crippen LogP contribution in [0.15, 0.2) is 36.4 Å². The fourth-order valence-corrected chi connectivity index (χ4v) is 3.35. The minimum atomic E-state index is -0.507. The highest BCUT2D eigenvalue weighted by Gasteiger charge is 2.19. The topological polar surface area (TPSA) is 84.7 Å². The van der Waals surface area contributed by atoms with E-state index in [2.05, 4.69) is 10.2 Å². The number of carbonyl (C=O) groups excluding carboxylic acids is 2. The number of Topliss-reactive ketones (excluding diaryl/α,β-unsaturated/α-hetero) is 1. The van der Waals surface area contributed by atoms with Gasteiger partial charge in [0.25, 0.3) is 5.91 Å². The summed E-state index contributed by atoms with van der Waals surface area (Å²) in [5, 5.41) is 2.75. The highest BCUT2D eigenvalue weighted by molar-refractivity contribution is 5.99. The summed E-state index contributed by atoms with van der Waals surface area (Å²) in [6.07, 6.45) is 0.649. The first-order chi connectivity index (χ1) is 14.0. The van der Waals surface area contributed by atoms with Crippen LogP contribution in [0.5, 0.6) is 0 Å². The molecule has 170 valence electrons. The van der Waals surface area contributed by atoms with E-state index in [9.17, 15) is 14.0 Å². The molecule has 31 heavy (non-hydrogen) atoms. The summed E-state index contributed by atoms with van der Waals surface area (Å²) in [6, 6.07) is 9.67. The summed E-state index contributed by atoms with van der Waals surface area (Å²) in [5.41, 5.74) is 8.38. The third-order valence-electron chi connectivity index (χ3n) is 4.89. The van der Waals surface area contributed by atoms with Crippen molar-refractivity contribution in [2.24, 2.45) is 5.73 Å². The van der Waals surface area contributed by atoms with Crippen LogP contribution in [0, 0.1) is 5.82 Å². The maximum Gasteiger partial charge on any atom is 0.251 e. The molecule has 0 bridgehead atoms. The lowest BCUT2D eigenvalue weighted by Gasteiger charge is -2.31. The van der Waals surface area contributed by atoms with Gasteiger partial charge in [0.1, 0.15) is 5.82 Å². The number of benzene rings is 2. The Hall–Kier alpha value is -2.19. The smallest absolute Gasteiger partial charge is 0.251 e. The van der Waals surface area contributed by atoms with Crippen molar-refractivity contribution in [2.45, 2.75) is 13.3 Å². The molecule has 0 spiro atoms. The minimum Gasteiger partial charge on any atom is -0.378 e. The van der Waals surface area contributed by atoms with Crippen molar-refractivity contribution in [1.82, 2.24) is 5.32 Å². The third kappa shape index (κ3) is 6.90. The highest BCUT2D eigenvalue weighted by atomic mass is 35.5. The van der Waals surface area contributed by atoms with Gasteiger partial charge in [-0.05, 0) is 61.9 Å². The van der Waals surface area contributed by atoms with Crippen molar-refractivity contribution < 1.29 is 18.7 Å². The lowest BCUT2D eigenvalue weighted by Crippen LogP contribution is -2.36. The summed E-state index contributed by atoms with van der Waals surface area (Å²) < 4.78 is 19.8. The molecule has 6 nitrogen and oxygen atoms in total. The molecule has 1 fully saturated rings. The average Bonchev–Trinajstić information content (AvgIpc) is 2.73. The monoisotopic (exact) mass is 471 g/mol. The first-order valence-electron chi connectivity index (χ1n) is 9.76. The van der Waals surface area contributed by atoms with Gasteiger partial charge in [0.2, 0.25) is 0 Å².